The second kappa shape index (κ2) is 15.8. The van der Waals surface area contributed by atoms with E-state index >= 15 is 0 Å². The van der Waals surface area contributed by atoms with E-state index in [1.807, 2.05) is 12.1 Å². The number of nitrogens with zero attached hydrogens (tertiary/aromatic N) is 1. The van der Waals surface area contributed by atoms with Gasteiger partial charge in [0.05, 0.1) is 0 Å². The number of rotatable bonds is 8. The molecule has 0 aliphatic rings. The van der Waals surface area contributed by atoms with Gasteiger partial charge < -0.3 is 9.32 Å². The molecule has 1 heterocycles. The summed E-state index contributed by atoms with van der Waals surface area (Å²) in [6.45, 7) is 0. The predicted molar refractivity (Wildman–Crippen MR) is 271 cm³/mol. The van der Waals surface area contributed by atoms with Gasteiger partial charge >= 0.3 is 0 Å². The highest BCUT2D eigenvalue weighted by Crippen LogP contribution is 2.41. The summed E-state index contributed by atoms with van der Waals surface area (Å²) in [5, 5.41) is 8.68. The van der Waals surface area contributed by atoms with Crippen LogP contribution in [0.2, 0.25) is 0 Å². The van der Waals surface area contributed by atoms with Crippen molar-refractivity contribution in [2.75, 3.05) is 4.90 Å². The van der Waals surface area contributed by atoms with Crippen LogP contribution in [0.3, 0.4) is 0 Å². The molecule has 0 aliphatic carbocycles. The van der Waals surface area contributed by atoms with Crippen LogP contribution in [0.5, 0.6) is 0 Å². The maximum atomic E-state index is 6.35. The average Bonchev–Trinajstić information content (AvgIpc) is 3.81. The van der Waals surface area contributed by atoms with Crippen LogP contribution < -0.4 is 4.90 Å². The van der Waals surface area contributed by atoms with Gasteiger partial charge in [-0.1, -0.05) is 194 Å². The molecule has 0 aliphatic heterocycles. The van der Waals surface area contributed by atoms with E-state index in [4.69, 9.17) is 4.42 Å². The minimum absolute atomic E-state index is 0.866. The van der Waals surface area contributed by atoms with Crippen molar-refractivity contribution in [3.8, 4) is 55.8 Å². The van der Waals surface area contributed by atoms with Crippen LogP contribution >= 0.6 is 0 Å². The standard InChI is InChI=1S/C62H41NO/c1-4-14-55-45(10-1)13-9-18-57(55)47-22-20-42(21-23-47)43-26-33-52(34-27-43)63(53-35-28-44(29-36-53)49-32-39-59-50(40-49)25-24-46-11-2-5-15-56(46)59)54-37-30-48(31-38-54)58-16-6-7-17-60(58)62-41-51-12-3-8-19-61(51)64-62/h1-41H. The van der Waals surface area contributed by atoms with Crippen LogP contribution in [-0.2, 0) is 0 Å². The molecule has 0 saturated heterocycles. The molecule has 0 radical (unpaired) electrons. The Balaban J connectivity index is 0.893. The van der Waals surface area contributed by atoms with Crippen molar-refractivity contribution in [1.29, 1.82) is 0 Å². The Labute approximate surface area is 372 Å². The molecule has 0 spiro atoms. The van der Waals surface area contributed by atoms with Crippen molar-refractivity contribution in [3.05, 3.63) is 249 Å². The summed E-state index contributed by atoms with van der Waals surface area (Å²) in [4.78, 5) is 2.35. The Morgan fingerprint density at radius 2 is 0.688 bits per heavy atom. The van der Waals surface area contributed by atoms with E-state index in [2.05, 4.69) is 241 Å². The van der Waals surface area contributed by atoms with Gasteiger partial charge in [0.15, 0.2) is 0 Å². The molecule has 0 saturated carbocycles. The quantitative estimate of drug-likeness (QED) is 0.142. The summed E-state index contributed by atoms with van der Waals surface area (Å²) in [6.07, 6.45) is 0. The summed E-state index contributed by atoms with van der Waals surface area (Å²) in [6, 6.07) is 89.6. The Kier molecular flexibility index (Phi) is 9.20. The second-order valence-corrected chi connectivity index (χ2v) is 16.5. The molecule has 0 N–H and O–H groups in total. The predicted octanol–water partition coefficient (Wildman–Crippen LogP) is 17.7. The third kappa shape index (κ3) is 6.79. The number of benzene rings is 11. The molecule has 0 bridgehead atoms. The second-order valence-electron chi connectivity index (χ2n) is 16.5. The summed E-state index contributed by atoms with van der Waals surface area (Å²) in [7, 11) is 0. The van der Waals surface area contributed by atoms with Gasteiger partial charge in [-0.2, -0.15) is 0 Å². The molecule has 12 aromatic rings. The van der Waals surface area contributed by atoms with E-state index in [-0.39, 0.29) is 0 Å². The van der Waals surface area contributed by atoms with Crippen molar-refractivity contribution < 1.29 is 4.42 Å². The zero-order chi connectivity index (χ0) is 42.4. The zero-order valence-corrected chi connectivity index (χ0v) is 35.0. The highest BCUT2D eigenvalue weighted by atomic mass is 16.3. The largest absolute Gasteiger partial charge is 0.456 e. The number of fused-ring (bicyclic) bond motifs is 5. The van der Waals surface area contributed by atoms with Crippen LogP contribution in [0.25, 0.3) is 99.1 Å². The van der Waals surface area contributed by atoms with Gasteiger partial charge in [-0.3, -0.25) is 0 Å². The van der Waals surface area contributed by atoms with Gasteiger partial charge in [-0.15, -0.1) is 0 Å². The SMILES string of the molecule is c1ccc(-c2cc3ccccc3o2)c(-c2ccc(N(c3ccc(-c4ccc(-c5cccc6ccccc56)cc4)cc3)c3ccc(-c4ccc5c(ccc6ccccc65)c4)cc3)cc2)c1. The topological polar surface area (TPSA) is 16.4 Å². The molecule has 0 unspecified atom stereocenters. The molecule has 0 amide bonds. The van der Waals surface area contributed by atoms with Crippen molar-refractivity contribution in [1.82, 2.24) is 0 Å². The summed E-state index contributed by atoms with van der Waals surface area (Å²) in [5.41, 5.74) is 14.6. The van der Waals surface area contributed by atoms with Crippen LogP contribution in [-0.4, -0.2) is 0 Å². The normalized spacial score (nSPS) is 11.4. The van der Waals surface area contributed by atoms with Crippen LogP contribution in [0.1, 0.15) is 0 Å². The smallest absolute Gasteiger partial charge is 0.136 e. The lowest BCUT2D eigenvalue weighted by molar-refractivity contribution is 0.632. The number of furan rings is 1. The maximum absolute atomic E-state index is 6.35. The molecule has 0 fully saturated rings. The number of para-hydroxylation sites is 1. The molecule has 11 aromatic carbocycles. The van der Waals surface area contributed by atoms with Crippen molar-refractivity contribution in [2.24, 2.45) is 0 Å². The van der Waals surface area contributed by atoms with Crippen LogP contribution in [0, 0.1) is 0 Å². The minimum Gasteiger partial charge on any atom is -0.456 e. The monoisotopic (exact) mass is 815 g/mol. The fourth-order valence-electron chi connectivity index (χ4n) is 9.42. The maximum Gasteiger partial charge on any atom is 0.136 e. The van der Waals surface area contributed by atoms with Gasteiger partial charge in [0, 0.05) is 28.0 Å². The van der Waals surface area contributed by atoms with Gasteiger partial charge in [-0.25, -0.2) is 0 Å². The zero-order valence-electron chi connectivity index (χ0n) is 35.0. The van der Waals surface area contributed by atoms with E-state index < -0.39 is 0 Å². The Bertz CT molecular complexity index is 3600. The molecule has 2 nitrogen and oxygen atoms in total. The van der Waals surface area contributed by atoms with Crippen LogP contribution in [0.15, 0.2) is 253 Å². The van der Waals surface area contributed by atoms with Crippen molar-refractivity contribution in [3.63, 3.8) is 0 Å². The number of hydrogen-bond acceptors (Lipinski definition) is 2. The molecule has 0 atom stereocenters. The highest BCUT2D eigenvalue weighted by Gasteiger charge is 2.17. The third-order valence-electron chi connectivity index (χ3n) is 12.7. The van der Waals surface area contributed by atoms with E-state index in [9.17, 15) is 0 Å². The fourth-order valence-corrected chi connectivity index (χ4v) is 9.42. The summed E-state index contributed by atoms with van der Waals surface area (Å²) < 4.78 is 6.35. The van der Waals surface area contributed by atoms with Crippen molar-refractivity contribution >= 4 is 60.3 Å². The fraction of sp³-hybridized carbons (Fsp3) is 0. The van der Waals surface area contributed by atoms with E-state index in [0.717, 1.165) is 50.5 Å². The van der Waals surface area contributed by atoms with Gasteiger partial charge in [0.1, 0.15) is 11.3 Å². The Morgan fingerprint density at radius 3 is 1.38 bits per heavy atom. The van der Waals surface area contributed by atoms with Crippen molar-refractivity contribution in [2.45, 2.75) is 0 Å². The highest BCUT2D eigenvalue weighted by molar-refractivity contribution is 6.08. The first-order valence-electron chi connectivity index (χ1n) is 21.9. The molecular formula is C62H41NO. The van der Waals surface area contributed by atoms with E-state index in [1.54, 1.807) is 0 Å². The summed E-state index contributed by atoms with van der Waals surface area (Å²) >= 11 is 0. The van der Waals surface area contributed by atoms with Gasteiger partial charge in [0.2, 0.25) is 0 Å². The lowest BCUT2D eigenvalue weighted by atomic mass is 9.96. The molecule has 12 rings (SSSR count). The molecule has 300 valence electrons. The average molecular weight is 816 g/mol. The lowest BCUT2D eigenvalue weighted by Crippen LogP contribution is -2.09. The molecule has 2 heteroatoms. The first-order chi connectivity index (χ1) is 31.7. The van der Waals surface area contributed by atoms with Gasteiger partial charge in [0.25, 0.3) is 0 Å². The van der Waals surface area contributed by atoms with E-state index in [1.165, 1.54) is 65.7 Å². The summed E-state index contributed by atoms with van der Waals surface area (Å²) in [5.74, 6) is 0.866. The number of anilines is 3. The first kappa shape index (κ1) is 37.3. The van der Waals surface area contributed by atoms with Crippen LogP contribution in [0.4, 0.5) is 17.1 Å². The number of hydrogen-bond donors (Lipinski definition) is 0. The minimum atomic E-state index is 0.866. The molecule has 1 aromatic heterocycles. The Morgan fingerprint density at radius 1 is 0.250 bits per heavy atom. The van der Waals surface area contributed by atoms with E-state index in [0.29, 0.717) is 0 Å². The molecule has 64 heavy (non-hydrogen) atoms. The van der Waals surface area contributed by atoms with Gasteiger partial charge in [-0.05, 0) is 131 Å². The molecular weight excluding hydrogens is 775 g/mol. The first-order valence-corrected chi connectivity index (χ1v) is 21.9. The Hall–Kier alpha value is -8.46. The third-order valence-corrected chi connectivity index (χ3v) is 12.7. The lowest BCUT2D eigenvalue weighted by Gasteiger charge is -2.26.